The van der Waals surface area contributed by atoms with Gasteiger partial charge in [0.1, 0.15) is 0 Å². The highest BCUT2D eigenvalue weighted by atomic mass is 19.2. The van der Waals surface area contributed by atoms with Crippen molar-refractivity contribution < 1.29 is 13.6 Å². The van der Waals surface area contributed by atoms with Crippen LogP contribution in [-0.4, -0.2) is 17.0 Å². The van der Waals surface area contributed by atoms with Crippen LogP contribution in [-0.2, 0) is 11.3 Å². The molecule has 1 heterocycles. The molecular weight excluding hydrogens is 322 g/mol. The minimum atomic E-state index is -0.933. The standard InChI is InChI=1S/C20H18F2N2O/c1-14-12-16-4-2-3-5-19(16)24(14)11-10-23-20(25)9-7-15-6-8-17(21)18(22)13-15/h2-9,12-13H,10-11H2,1H3,(H,23,25)/b9-7+. The number of fused-ring (bicyclic) bond motifs is 1. The molecule has 0 spiro atoms. The quantitative estimate of drug-likeness (QED) is 0.698. The fourth-order valence-electron chi connectivity index (χ4n) is 2.78. The number of halogens is 2. The number of para-hydroxylation sites is 1. The van der Waals surface area contributed by atoms with Crippen molar-refractivity contribution >= 4 is 22.9 Å². The molecule has 0 saturated heterocycles. The first-order chi connectivity index (χ1) is 12.0. The number of hydrogen-bond donors (Lipinski definition) is 1. The minimum absolute atomic E-state index is 0.279. The first-order valence-corrected chi connectivity index (χ1v) is 8.00. The average Bonchev–Trinajstić information content (AvgIpc) is 2.92. The van der Waals surface area contributed by atoms with E-state index in [1.807, 2.05) is 25.1 Å². The van der Waals surface area contributed by atoms with Gasteiger partial charge in [-0.3, -0.25) is 4.79 Å². The van der Waals surface area contributed by atoms with E-state index in [4.69, 9.17) is 0 Å². The number of aryl methyl sites for hydroxylation is 1. The molecule has 5 heteroatoms. The summed E-state index contributed by atoms with van der Waals surface area (Å²) in [6.07, 6.45) is 2.77. The first kappa shape index (κ1) is 16.9. The molecule has 0 unspecified atom stereocenters. The lowest BCUT2D eigenvalue weighted by atomic mass is 10.2. The van der Waals surface area contributed by atoms with E-state index in [2.05, 4.69) is 22.0 Å². The summed E-state index contributed by atoms with van der Waals surface area (Å²) in [5.41, 5.74) is 2.70. The lowest BCUT2D eigenvalue weighted by Crippen LogP contribution is -2.25. The van der Waals surface area contributed by atoms with Crippen molar-refractivity contribution in [2.45, 2.75) is 13.5 Å². The van der Waals surface area contributed by atoms with Gasteiger partial charge in [-0.05, 0) is 48.2 Å². The van der Waals surface area contributed by atoms with Crippen LogP contribution in [0, 0.1) is 18.6 Å². The summed E-state index contributed by atoms with van der Waals surface area (Å²) in [6, 6.07) is 13.7. The van der Waals surface area contributed by atoms with Crippen molar-refractivity contribution in [1.29, 1.82) is 0 Å². The van der Waals surface area contributed by atoms with Gasteiger partial charge < -0.3 is 9.88 Å². The van der Waals surface area contributed by atoms with Gasteiger partial charge in [0.15, 0.2) is 11.6 Å². The maximum Gasteiger partial charge on any atom is 0.244 e. The molecule has 128 valence electrons. The molecule has 0 bridgehead atoms. The van der Waals surface area contributed by atoms with E-state index >= 15 is 0 Å². The van der Waals surface area contributed by atoms with Gasteiger partial charge >= 0.3 is 0 Å². The Morgan fingerprint density at radius 3 is 2.72 bits per heavy atom. The molecule has 3 aromatic rings. The summed E-state index contributed by atoms with van der Waals surface area (Å²) in [4.78, 5) is 11.9. The zero-order valence-electron chi connectivity index (χ0n) is 13.8. The van der Waals surface area contributed by atoms with Gasteiger partial charge in [0.2, 0.25) is 5.91 Å². The van der Waals surface area contributed by atoms with Gasteiger partial charge in [-0.2, -0.15) is 0 Å². The highest BCUT2D eigenvalue weighted by Crippen LogP contribution is 2.18. The molecular formula is C20H18F2N2O. The third kappa shape index (κ3) is 3.94. The molecule has 0 aliphatic rings. The maximum absolute atomic E-state index is 13.1. The minimum Gasteiger partial charge on any atom is -0.351 e. The SMILES string of the molecule is Cc1cc2ccccc2n1CCNC(=O)/C=C/c1ccc(F)c(F)c1. The van der Waals surface area contributed by atoms with Crippen LogP contribution in [0.2, 0.25) is 0 Å². The van der Waals surface area contributed by atoms with Gasteiger partial charge in [-0.15, -0.1) is 0 Å². The summed E-state index contributed by atoms with van der Waals surface area (Å²) >= 11 is 0. The molecule has 1 amide bonds. The molecule has 3 nitrogen and oxygen atoms in total. The van der Waals surface area contributed by atoms with E-state index < -0.39 is 11.6 Å². The van der Waals surface area contributed by atoms with Gasteiger partial charge in [0.05, 0.1) is 0 Å². The van der Waals surface area contributed by atoms with Crippen molar-refractivity contribution in [3.05, 3.63) is 77.5 Å². The number of aromatic nitrogens is 1. The fraction of sp³-hybridized carbons (Fsp3) is 0.150. The molecule has 0 aliphatic heterocycles. The second kappa shape index (κ2) is 7.30. The van der Waals surface area contributed by atoms with Crippen molar-refractivity contribution in [3.8, 4) is 0 Å². The molecule has 1 aromatic heterocycles. The topological polar surface area (TPSA) is 34.0 Å². The fourth-order valence-corrected chi connectivity index (χ4v) is 2.78. The molecule has 0 fully saturated rings. The van der Waals surface area contributed by atoms with Crippen LogP contribution in [0.15, 0.2) is 54.6 Å². The number of nitrogens with zero attached hydrogens (tertiary/aromatic N) is 1. The summed E-state index contributed by atoms with van der Waals surface area (Å²) < 4.78 is 28.1. The zero-order valence-corrected chi connectivity index (χ0v) is 13.8. The highest BCUT2D eigenvalue weighted by Gasteiger charge is 2.05. The number of nitrogens with one attached hydrogen (secondary N) is 1. The lowest BCUT2D eigenvalue weighted by molar-refractivity contribution is -0.116. The lowest BCUT2D eigenvalue weighted by Gasteiger charge is -2.08. The molecule has 3 rings (SSSR count). The Hall–Kier alpha value is -2.95. The van der Waals surface area contributed by atoms with Crippen LogP contribution in [0.4, 0.5) is 8.78 Å². The third-order valence-corrected chi connectivity index (χ3v) is 4.02. The number of hydrogen-bond acceptors (Lipinski definition) is 1. The van der Waals surface area contributed by atoms with E-state index in [1.54, 1.807) is 0 Å². The Morgan fingerprint density at radius 2 is 1.92 bits per heavy atom. The van der Waals surface area contributed by atoms with Crippen molar-refractivity contribution in [3.63, 3.8) is 0 Å². The first-order valence-electron chi connectivity index (χ1n) is 8.00. The molecule has 0 radical (unpaired) electrons. The summed E-state index contributed by atoms with van der Waals surface area (Å²) in [7, 11) is 0. The maximum atomic E-state index is 13.1. The van der Waals surface area contributed by atoms with Gasteiger partial charge in [-0.1, -0.05) is 24.3 Å². The number of carbonyl (C=O) groups excluding carboxylic acids is 1. The zero-order chi connectivity index (χ0) is 17.8. The Kier molecular flexibility index (Phi) is 4.93. The van der Waals surface area contributed by atoms with Gasteiger partial charge in [0, 0.05) is 30.4 Å². The van der Waals surface area contributed by atoms with Crippen molar-refractivity contribution in [2.24, 2.45) is 0 Å². The Morgan fingerprint density at radius 1 is 1.12 bits per heavy atom. The Bertz CT molecular complexity index is 944. The largest absolute Gasteiger partial charge is 0.351 e. The van der Waals surface area contributed by atoms with E-state index in [9.17, 15) is 13.6 Å². The third-order valence-electron chi connectivity index (χ3n) is 4.02. The van der Waals surface area contributed by atoms with Gasteiger partial charge in [-0.25, -0.2) is 8.78 Å². The molecule has 1 N–H and O–H groups in total. The van der Waals surface area contributed by atoms with Crippen LogP contribution in [0.3, 0.4) is 0 Å². The van der Waals surface area contributed by atoms with Crippen LogP contribution in [0.5, 0.6) is 0 Å². The van der Waals surface area contributed by atoms with Gasteiger partial charge in [0.25, 0.3) is 0 Å². The highest BCUT2D eigenvalue weighted by molar-refractivity contribution is 5.91. The smallest absolute Gasteiger partial charge is 0.244 e. The summed E-state index contributed by atoms with van der Waals surface area (Å²) in [6.45, 7) is 3.16. The van der Waals surface area contributed by atoms with E-state index in [0.717, 1.165) is 23.3 Å². The summed E-state index contributed by atoms with van der Waals surface area (Å²) in [5.74, 6) is -2.12. The second-order valence-electron chi connectivity index (χ2n) is 5.79. The van der Waals surface area contributed by atoms with Crippen LogP contribution >= 0.6 is 0 Å². The summed E-state index contributed by atoms with van der Waals surface area (Å²) in [5, 5.41) is 3.97. The monoisotopic (exact) mass is 340 g/mol. The van der Waals surface area contributed by atoms with Crippen molar-refractivity contribution in [1.82, 2.24) is 9.88 Å². The predicted molar refractivity (Wildman–Crippen MR) is 95.1 cm³/mol. The predicted octanol–water partition coefficient (Wildman–Crippen LogP) is 4.06. The number of amides is 1. The Balaban J connectivity index is 1.58. The molecule has 0 atom stereocenters. The van der Waals surface area contributed by atoms with E-state index in [-0.39, 0.29) is 5.91 Å². The second-order valence-corrected chi connectivity index (χ2v) is 5.79. The molecule has 25 heavy (non-hydrogen) atoms. The molecule has 0 saturated carbocycles. The van der Waals surface area contributed by atoms with E-state index in [1.165, 1.54) is 23.6 Å². The number of rotatable bonds is 5. The van der Waals surface area contributed by atoms with Crippen LogP contribution in [0.25, 0.3) is 17.0 Å². The van der Waals surface area contributed by atoms with Crippen LogP contribution < -0.4 is 5.32 Å². The van der Waals surface area contributed by atoms with E-state index in [0.29, 0.717) is 18.7 Å². The normalized spacial score (nSPS) is 11.3. The van der Waals surface area contributed by atoms with Crippen LogP contribution in [0.1, 0.15) is 11.3 Å². The number of benzene rings is 2. The Labute approximate surface area is 144 Å². The molecule has 0 aliphatic carbocycles. The number of carbonyl (C=O) groups is 1. The van der Waals surface area contributed by atoms with Crippen molar-refractivity contribution in [2.75, 3.05) is 6.54 Å². The molecule has 2 aromatic carbocycles. The average molecular weight is 340 g/mol.